The van der Waals surface area contributed by atoms with Crippen molar-refractivity contribution in [1.82, 2.24) is 4.72 Å². The summed E-state index contributed by atoms with van der Waals surface area (Å²) in [6.07, 6.45) is 3.67. The van der Waals surface area contributed by atoms with Gasteiger partial charge in [0, 0.05) is 16.6 Å². The molecule has 2 aromatic carbocycles. The zero-order chi connectivity index (χ0) is 18.7. The number of carbonyl (C=O) groups excluding carboxylic acids is 1. The number of benzene rings is 2. The smallest absolute Gasteiger partial charge is 0.259 e. The molecule has 26 heavy (non-hydrogen) atoms. The van der Waals surface area contributed by atoms with Crippen molar-refractivity contribution in [2.45, 2.75) is 28.7 Å². The first-order chi connectivity index (χ1) is 12.4. The van der Waals surface area contributed by atoms with Gasteiger partial charge in [-0.3, -0.25) is 4.79 Å². The number of hydrogen-bond donors (Lipinski definition) is 2. The summed E-state index contributed by atoms with van der Waals surface area (Å²) < 4.78 is 32.6. The highest BCUT2D eigenvalue weighted by molar-refractivity contribution is 7.98. The Morgan fingerprint density at radius 3 is 2.62 bits per heavy atom. The second-order valence-electron chi connectivity index (χ2n) is 5.94. The average Bonchev–Trinajstić information content (AvgIpc) is 3.44. The lowest BCUT2D eigenvalue weighted by atomic mass is 10.2. The van der Waals surface area contributed by atoms with E-state index in [0.29, 0.717) is 17.0 Å². The summed E-state index contributed by atoms with van der Waals surface area (Å²) in [6.45, 7) is 0. The number of nitrogens with one attached hydrogen (secondary N) is 2. The molecule has 0 aliphatic heterocycles. The number of ether oxygens (including phenoxy) is 1. The second kappa shape index (κ2) is 7.69. The van der Waals surface area contributed by atoms with Gasteiger partial charge in [0.2, 0.25) is 10.0 Å². The minimum absolute atomic E-state index is 0.0254. The van der Waals surface area contributed by atoms with E-state index in [1.807, 2.05) is 12.3 Å². The van der Waals surface area contributed by atoms with Crippen molar-refractivity contribution >= 4 is 33.4 Å². The van der Waals surface area contributed by atoms with Gasteiger partial charge in [0.15, 0.2) is 0 Å². The molecule has 0 aromatic heterocycles. The fraction of sp³-hybridized carbons (Fsp3) is 0.278. The van der Waals surface area contributed by atoms with Crippen molar-refractivity contribution in [2.24, 2.45) is 0 Å². The van der Waals surface area contributed by atoms with Crippen LogP contribution in [0.5, 0.6) is 5.75 Å². The maximum Gasteiger partial charge on any atom is 0.259 e. The van der Waals surface area contributed by atoms with Crippen LogP contribution in [0.1, 0.15) is 23.2 Å². The normalized spacial score (nSPS) is 14.1. The van der Waals surface area contributed by atoms with E-state index in [0.717, 1.165) is 17.7 Å². The van der Waals surface area contributed by atoms with Crippen molar-refractivity contribution in [2.75, 3.05) is 18.7 Å². The quantitative estimate of drug-likeness (QED) is 0.708. The van der Waals surface area contributed by atoms with Gasteiger partial charge in [-0.15, -0.1) is 11.8 Å². The van der Waals surface area contributed by atoms with Crippen LogP contribution in [0.2, 0.25) is 0 Å². The highest BCUT2D eigenvalue weighted by atomic mass is 32.2. The van der Waals surface area contributed by atoms with Crippen molar-refractivity contribution in [3.05, 3.63) is 48.0 Å². The van der Waals surface area contributed by atoms with Crippen LogP contribution >= 0.6 is 11.8 Å². The summed E-state index contributed by atoms with van der Waals surface area (Å²) >= 11 is 1.55. The van der Waals surface area contributed by atoms with Crippen LogP contribution in [0.4, 0.5) is 5.69 Å². The fourth-order valence-electron chi connectivity index (χ4n) is 2.41. The maximum absolute atomic E-state index is 12.6. The molecule has 0 unspecified atom stereocenters. The van der Waals surface area contributed by atoms with E-state index in [2.05, 4.69) is 10.0 Å². The molecule has 138 valence electrons. The van der Waals surface area contributed by atoms with Gasteiger partial charge >= 0.3 is 0 Å². The summed E-state index contributed by atoms with van der Waals surface area (Å²) in [6, 6.07) is 11.6. The summed E-state index contributed by atoms with van der Waals surface area (Å²) in [4.78, 5) is 13.7. The Kier molecular flexibility index (Phi) is 5.55. The Morgan fingerprint density at radius 1 is 1.19 bits per heavy atom. The van der Waals surface area contributed by atoms with Gasteiger partial charge in [-0.05, 0) is 55.5 Å². The number of carbonyl (C=O) groups is 1. The Labute approximate surface area is 157 Å². The predicted molar refractivity (Wildman–Crippen MR) is 103 cm³/mol. The molecule has 0 heterocycles. The molecule has 8 heteroatoms. The zero-order valence-electron chi connectivity index (χ0n) is 14.5. The second-order valence-corrected chi connectivity index (χ2v) is 8.54. The molecule has 1 aliphatic carbocycles. The lowest BCUT2D eigenvalue weighted by Crippen LogP contribution is -2.25. The van der Waals surface area contributed by atoms with Gasteiger partial charge in [-0.25, -0.2) is 13.1 Å². The number of sulfonamides is 1. The number of anilines is 1. The zero-order valence-corrected chi connectivity index (χ0v) is 16.1. The van der Waals surface area contributed by atoms with Crippen LogP contribution in [0.15, 0.2) is 52.3 Å². The SMILES string of the molecule is COc1cc(SC)ccc1C(=O)Nc1cccc(S(=O)(=O)NC2CC2)c1. The van der Waals surface area contributed by atoms with Gasteiger partial charge in [-0.1, -0.05) is 6.07 Å². The van der Waals surface area contributed by atoms with Crippen LogP contribution in [0.25, 0.3) is 0 Å². The van der Waals surface area contributed by atoms with Crippen LogP contribution in [-0.4, -0.2) is 33.7 Å². The molecule has 1 aliphatic rings. The molecule has 0 bridgehead atoms. The molecule has 0 saturated heterocycles. The van der Waals surface area contributed by atoms with E-state index in [1.54, 1.807) is 36.0 Å². The van der Waals surface area contributed by atoms with Crippen LogP contribution < -0.4 is 14.8 Å². The molecule has 0 atom stereocenters. The van der Waals surface area contributed by atoms with Gasteiger partial charge in [0.1, 0.15) is 5.75 Å². The largest absolute Gasteiger partial charge is 0.496 e. The summed E-state index contributed by atoms with van der Waals surface area (Å²) in [5.41, 5.74) is 0.791. The summed E-state index contributed by atoms with van der Waals surface area (Å²) in [5.74, 6) is 0.104. The molecule has 1 fully saturated rings. The van der Waals surface area contributed by atoms with Crippen LogP contribution in [0.3, 0.4) is 0 Å². The predicted octanol–water partition coefficient (Wildman–Crippen LogP) is 3.11. The molecule has 2 aromatic rings. The standard InChI is InChI=1S/C18H20N2O4S2/c1-24-17-11-14(25-2)8-9-16(17)18(21)19-13-4-3-5-15(10-13)26(22,23)20-12-6-7-12/h3-5,8-12,20H,6-7H2,1-2H3,(H,19,21). The molecule has 1 saturated carbocycles. The van der Waals surface area contributed by atoms with Crippen LogP contribution in [0, 0.1) is 0 Å². The third-order valence-corrected chi connectivity index (χ3v) is 6.20. The third kappa shape index (κ3) is 4.38. The highest BCUT2D eigenvalue weighted by Gasteiger charge is 2.28. The van der Waals surface area contributed by atoms with E-state index in [1.165, 1.54) is 19.2 Å². The van der Waals surface area contributed by atoms with Crippen molar-refractivity contribution in [1.29, 1.82) is 0 Å². The van der Waals surface area contributed by atoms with Gasteiger partial charge in [0.25, 0.3) is 5.91 Å². The van der Waals surface area contributed by atoms with Crippen molar-refractivity contribution < 1.29 is 17.9 Å². The number of hydrogen-bond acceptors (Lipinski definition) is 5. The number of rotatable bonds is 7. The Hall–Kier alpha value is -2.03. The number of amides is 1. The molecule has 0 spiro atoms. The first-order valence-corrected chi connectivity index (χ1v) is 10.8. The Balaban J connectivity index is 1.81. The summed E-state index contributed by atoms with van der Waals surface area (Å²) in [5, 5.41) is 2.73. The Bertz CT molecular complexity index is 925. The number of methoxy groups -OCH3 is 1. The van der Waals surface area contributed by atoms with E-state index >= 15 is 0 Å². The molecular formula is C18H20N2O4S2. The van der Waals surface area contributed by atoms with Gasteiger partial charge in [0.05, 0.1) is 17.6 Å². The first-order valence-electron chi connectivity index (χ1n) is 8.09. The molecular weight excluding hydrogens is 372 g/mol. The van der Waals surface area contributed by atoms with Crippen molar-refractivity contribution in [3.63, 3.8) is 0 Å². The van der Waals surface area contributed by atoms with E-state index in [-0.39, 0.29) is 16.8 Å². The van der Waals surface area contributed by atoms with Gasteiger partial charge < -0.3 is 10.1 Å². The molecule has 6 nitrogen and oxygen atoms in total. The monoisotopic (exact) mass is 392 g/mol. The fourth-order valence-corrected chi connectivity index (χ4v) is 4.19. The summed E-state index contributed by atoms with van der Waals surface area (Å²) in [7, 11) is -2.06. The third-order valence-electron chi connectivity index (χ3n) is 3.95. The lowest BCUT2D eigenvalue weighted by Gasteiger charge is -2.12. The maximum atomic E-state index is 12.6. The molecule has 0 radical (unpaired) electrons. The van der Waals surface area contributed by atoms with Crippen LogP contribution in [-0.2, 0) is 10.0 Å². The molecule has 1 amide bonds. The number of thioether (sulfide) groups is 1. The minimum atomic E-state index is -3.57. The lowest BCUT2D eigenvalue weighted by molar-refractivity contribution is 0.102. The van der Waals surface area contributed by atoms with Gasteiger partial charge in [-0.2, -0.15) is 0 Å². The molecule has 3 rings (SSSR count). The van der Waals surface area contributed by atoms with E-state index in [4.69, 9.17) is 4.74 Å². The van der Waals surface area contributed by atoms with E-state index in [9.17, 15) is 13.2 Å². The topological polar surface area (TPSA) is 84.5 Å². The Morgan fingerprint density at radius 2 is 1.96 bits per heavy atom. The van der Waals surface area contributed by atoms with E-state index < -0.39 is 10.0 Å². The minimum Gasteiger partial charge on any atom is -0.496 e. The van der Waals surface area contributed by atoms with Crippen molar-refractivity contribution in [3.8, 4) is 5.75 Å². The molecule has 2 N–H and O–H groups in total. The average molecular weight is 393 g/mol. The first kappa shape index (κ1) is 18.8. The highest BCUT2D eigenvalue weighted by Crippen LogP contribution is 2.27.